The smallest absolute Gasteiger partial charge is 0.343 e. The van der Waals surface area contributed by atoms with Crippen molar-refractivity contribution in [3.8, 4) is 11.5 Å². The second-order valence-corrected chi connectivity index (χ2v) is 5.56. The summed E-state index contributed by atoms with van der Waals surface area (Å²) in [5.41, 5.74) is 1.96. The molecule has 3 rings (SSSR count). The Morgan fingerprint density at radius 2 is 1.92 bits per heavy atom. The van der Waals surface area contributed by atoms with E-state index in [1.165, 1.54) is 0 Å². The van der Waals surface area contributed by atoms with Crippen LogP contribution < -0.4 is 9.47 Å². The predicted molar refractivity (Wildman–Crippen MR) is 93.0 cm³/mol. The van der Waals surface area contributed by atoms with Crippen LogP contribution in [-0.4, -0.2) is 20.2 Å². The topological polar surface area (TPSA) is 44.8 Å². The number of hydrogen-bond donors (Lipinski definition) is 0. The molecule has 2 aromatic carbocycles. The quantitative estimate of drug-likeness (QED) is 0.612. The van der Waals surface area contributed by atoms with E-state index in [0.717, 1.165) is 5.56 Å². The first-order valence-corrected chi connectivity index (χ1v) is 7.62. The van der Waals surface area contributed by atoms with Gasteiger partial charge in [0.2, 0.25) is 0 Å². The Balaban J connectivity index is 1.97. The van der Waals surface area contributed by atoms with Gasteiger partial charge in [0, 0.05) is 11.1 Å². The normalized spacial score (nSPS) is 15.2. The van der Waals surface area contributed by atoms with Gasteiger partial charge in [-0.3, -0.25) is 0 Å². The Hall–Kier alpha value is -2.72. The van der Waals surface area contributed by atoms with Gasteiger partial charge in [-0.2, -0.15) is 0 Å². The molecular weight excluding hydrogens is 328 g/mol. The molecule has 0 spiro atoms. The minimum Gasteiger partial charge on any atom is -0.497 e. The summed E-state index contributed by atoms with van der Waals surface area (Å²) in [6.07, 6.45) is 3.42. The van der Waals surface area contributed by atoms with E-state index in [2.05, 4.69) is 0 Å². The van der Waals surface area contributed by atoms with Gasteiger partial charge in [-0.25, -0.2) is 4.79 Å². The molecule has 0 unspecified atom stereocenters. The van der Waals surface area contributed by atoms with Crippen LogP contribution >= 0.6 is 11.6 Å². The monoisotopic (exact) mass is 342 g/mol. The Kier molecular flexibility index (Phi) is 4.58. The highest BCUT2D eigenvalue weighted by Crippen LogP contribution is 2.35. The number of methoxy groups -OCH3 is 2. The van der Waals surface area contributed by atoms with E-state index < -0.39 is 5.97 Å². The maximum absolute atomic E-state index is 12.1. The molecule has 0 aliphatic carbocycles. The van der Waals surface area contributed by atoms with Gasteiger partial charge >= 0.3 is 5.97 Å². The first-order valence-electron chi connectivity index (χ1n) is 7.24. The summed E-state index contributed by atoms with van der Waals surface area (Å²) in [4.78, 5) is 12.1. The Bertz CT molecular complexity index is 852. The molecule has 0 saturated carbocycles. The molecule has 0 bridgehead atoms. The van der Waals surface area contributed by atoms with Crippen LogP contribution in [0.3, 0.4) is 0 Å². The molecule has 1 heterocycles. The third kappa shape index (κ3) is 3.29. The van der Waals surface area contributed by atoms with Crippen molar-refractivity contribution < 1.29 is 19.0 Å². The van der Waals surface area contributed by atoms with Crippen molar-refractivity contribution in [2.75, 3.05) is 14.2 Å². The molecule has 1 aliphatic rings. The average Bonchev–Trinajstić information content (AvgIpc) is 2.94. The SMILES string of the molecule is COc1ccc(C2=C/C(=C\c3cccc(Cl)c3)C(=O)O2)c(OC)c1. The van der Waals surface area contributed by atoms with Crippen molar-refractivity contribution in [3.63, 3.8) is 0 Å². The highest BCUT2D eigenvalue weighted by Gasteiger charge is 2.24. The summed E-state index contributed by atoms with van der Waals surface area (Å²) in [6.45, 7) is 0. The third-order valence-electron chi connectivity index (χ3n) is 3.57. The van der Waals surface area contributed by atoms with Crippen LogP contribution in [-0.2, 0) is 9.53 Å². The fourth-order valence-corrected chi connectivity index (χ4v) is 2.60. The number of rotatable bonds is 4. The number of cyclic esters (lactones) is 1. The molecule has 5 heteroatoms. The van der Waals surface area contributed by atoms with Crippen LogP contribution in [0.2, 0.25) is 5.02 Å². The maximum atomic E-state index is 12.1. The van der Waals surface area contributed by atoms with Crippen molar-refractivity contribution in [3.05, 3.63) is 70.3 Å². The highest BCUT2D eigenvalue weighted by molar-refractivity contribution is 6.30. The van der Waals surface area contributed by atoms with Gasteiger partial charge in [-0.1, -0.05) is 23.7 Å². The molecule has 0 fully saturated rings. The summed E-state index contributed by atoms with van der Waals surface area (Å²) in [5.74, 6) is 1.25. The predicted octanol–water partition coefficient (Wildman–Crippen LogP) is 4.34. The minimum absolute atomic E-state index is 0.414. The zero-order valence-corrected chi connectivity index (χ0v) is 14.0. The van der Waals surface area contributed by atoms with Crippen molar-refractivity contribution in [2.24, 2.45) is 0 Å². The van der Waals surface area contributed by atoms with Gasteiger partial charge in [-0.05, 0) is 42.0 Å². The van der Waals surface area contributed by atoms with Crippen LogP contribution in [0.5, 0.6) is 11.5 Å². The molecule has 122 valence electrons. The van der Waals surface area contributed by atoms with Crippen LogP contribution in [0.4, 0.5) is 0 Å². The van der Waals surface area contributed by atoms with Gasteiger partial charge in [0.15, 0.2) is 0 Å². The van der Waals surface area contributed by atoms with E-state index in [-0.39, 0.29) is 0 Å². The van der Waals surface area contributed by atoms with Gasteiger partial charge < -0.3 is 14.2 Å². The van der Waals surface area contributed by atoms with Crippen LogP contribution in [0.1, 0.15) is 11.1 Å². The molecule has 0 saturated heterocycles. The lowest BCUT2D eigenvalue weighted by atomic mass is 10.1. The standard InChI is InChI=1S/C19H15ClO4/c1-22-15-6-7-16(17(11-15)23-2)18-10-13(19(21)24-18)8-12-4-3-5-14(20)9-12/h3-11H,1-2H3/b13-8+. The number of benzene rings is 2. The van der Waals surface area contributed by atoms with Gasteiger partial charge in [0.25, 0.3) is 0 Å². The number of halogens is 1. The van der Waals surface area contributed by atoms with E-state index in [1.54, 1.807) is 56.7 Å². The molecule has 1 aliphatic heterocycles. The molecule has 0 radical (unpaired) electrons. The zero-order chi connectivity index (χ0) is 17.1. The number of carbonyl (C=O) groups excluding carboxylic acids is 1. The highest BCUT2D eigenvalue weighted by atomic mass is 35.5. The molecule has 0 N–H and O–H groups in total. The number of hydrogen-bond acceptors (Lipinski definition) is 4. The van der Waals surface area contributed by atoms with Gasteiger partial charge in [-0.15, -0.1) is 0 Å². The second-order valence-electron chi connectivity index (χ2n) is 5.12. The van der Waals surface area contributed by atoms with Crippen LogP contribution in [0, 0.1) is 0 Å². The van der Waals surface area contributed by atoms with E-state index in [4.69, 9.17) is 25.8 Å². The van der Waals surface area contributed by atoms with E-state index in [9.17, 15) is 4.79 Å². The van der Waals surface area contributed by atoms with Crippen LogP contribution in [0.15, 0.2) is 54.1 Å². The Morgan fingerprint density at radius 1 is 1.08 bits per heavy atom. The van der Waals surface area contributed by atoms with E-state index in [1.807, 2.05) is 12.1 Å². The van der Waals surface area contributed by atoms with E-state index in [0.29, 0.717) is 33.4 Å². The Morgan fingerprint density at radius 3 is 2.62 bits per heavy atom. The maximum Gasteiger partial charge on any atom is 0.343 e. The van der Waals surface area contributed by atoms with Crippen molar-refractivity contribution in [1.82, 2.24) is 0 Å². The largest absolute Gasteiger partial charge is 0.497 e. The lowest BCUT2D eigenvalue weighted by Gasteiger charge is -2.10. The summed E-state index contributed by atoms with van der Waals surface area (Å²) in [7, 11) is 3.13. The molecule has 24 heavy (non-hydrogen) atoms. The minimum atomic E-state index is -0.414. The lowest BCUT2D eigenvalue weighted by molar-refractivity contribution is -0.130. The number of ether oxygens (including phenoxy) is 3. The first-order chi connectivity index (χ1) is 11.6. The molecule has 4 nitrogen and oxygen atoms in total. The molecule has 0 amide bonds. The first kappa shape index (κ1) is 16.1. The van der Waals surface area contributed by atoms with Crippen molar-refractivity contribution in [2.45, 2.75) is 0 Å². The van der Waals surface area contributed by atoms with Gasteiger partial charge in [0.1, 0.15) is 17.3 Å². The molecular formula is C19H15ClO4. The second kappa shape index (κ2) is 6.81. The van der Waals surface area contributed by atoms with Gasteiger partial charge in [0.05, 0.1) is 25.4 Å². The summed E-state index contributed by atoms with van der Waals surface area (Å²) < 4.78 is 15.9. The number of esters is 1. The lowest BCUT2D eigenvalue weighted by Crippen LogP contribution is -1.98. The number of carbonyl (C=O) groups is 1. The summed E-state index contributed by atoms with van der Waals surface area (Å²) in [5, 5.41) is 0.608. The van der Waals surface area contributed by atoms with Crippen molar-refractivity contribution in [1.29, 1.82) is 0 Å². The summed E-state index contributed by atoms with van der Waals surface area (Å²) in [6, 6.07) is 12.6. The fraction of sp³-hybridized carbons (Fsp3) is 0.105. The fourth-order valence-electron chi connectivity index (χ4n) is 2.40. The molecule has 2 aromatic rings. The molecule has 0 aromatic heterocycles. The summed E-state index contributed by atoms with van der Waals surface area (Å²) >= 11 is 5.97. The van der Waals surface area contributed by atoms with E-state index >= 15 is 0 Å². The van der Waals surface area contributed by atoms with Crippen molar-refractivity contribution >= 4 is 29.4 Å². The zero-order valence-electron chi connectivity index (χ0n) is 13.2. The third-order valence-corrected chi connectivity index (χ3v) is 3.81. The molecule has 0 atom stereocenters. The average molecular weight is 343 g/mol. The Labute approximate surface area is 144 Å². The van der Waals surface area contributed by atoms with Crippen LogP contribution in [0.25, 0.3) is 11.8 Å².